The molecule has 0 aliphatic rings. The fourth-order valence-electron chi connectivity index (χ4n) is 1.43. The van der Waals surface area contributed by atoms with Gasteiger partial charge in [0.15, 0.2) is 0 Å². The van der Waals surface area contributed by atoms with Crippen LogP contribution < -0.4 is 0 Å². The smallest absolute Gasteiger partial charge is 0.215 e. The number of aromatic nitrogens is 1. The molecule has 0 spiro atoms. The third kappa shape index (κ3) is 2.04. The van der Waals surface area contributed by atoms with Gasteiger partial charge in [0.25, 0.3) is 0 Å². The van der Waals surface area contributed by atoms with Gasteiger partial charge >= 0.3 is 0 Å². The van der Waals surface area contributed by atoms with Crippen molar-refractivity contribution < 1.29 is 8.78 Å². The number of hydrogen-bond donors (Lipinski definition) is 0. The SMILES string of the molecule is Cc1cc(-c2ccc(F)cc2Cl)cnc1F. The average Bonchev–Trinajstić information content (AvgIpc) is 2.22. The standard InChI is InChI=1S/C12H8ClF2N/c1-7-4-8(6-16-12(7)15)10-3-2-9(14)5-11(10)13/h2-6H,1H3. The highest BCUT2D eigenvalue weighted by Crippen LogP contribution is 2.28. The zero-order chi connectivity index (χ0) is 11.7. The molecule has 1 nitrogen and oxygen atoms in total. The second kappa shape index (κ2) is 4.18. The predicted octanol–water partition coefficient (Wildman–Crippen LogP) is 3.99. The van der Waals surface area contributed by atoms with Crippen LogP contribution in [-0.4, -0.2) is 4.98 Å². The molecule has 1 aromatic heterocycles. The van der Waals surface area contributed by atoms with E-state index in [2.05, 4.69) is 4.98 Å². The Hall–Kier alpha value is -1.48. The monoisotopic (exact) mass is 239 g/mol. The fraction of sp³-hybridized carbons (Fsp3) is 0.0833. The summed E-state index contributed by atoms with van der Waals surface area (Å²) in [4.78, 5) is 3.60. The first kappa shape index (κ1) is 11.0. The molecule has 0 fully saturated rings. The molecule has 0 aliphatic heterocycles. The largest absolute Gasteiger partial charge is 0.227 e. The molecule has 0 saturated carbocycles. The van der Waals surface area contributed by atoms with Crippen LogP contribution in [0, 0.1) is 18.7 Å². The Kier molecular flexibility index (Phi) is 2.88. The lowest BCUT2D eigenvalue weighted by Gasteiger charge is -2.05. The Balaban J connectivity index is 2.54. The molecule has 0 N–H and O–H groups in total. The van der Waals surface area contributed by atoms with Crippen LogP contribution in [-0.2, 0) is 0 Å². The van der Waals surface area contributed by atoms with E-state index >= 15 is 0 Å². The predicted molar refractivity (Wildman–Crippen MR) is 59.3 cm³/mol. The molecule has 1 heterocycles. The van der Waals surface area contributed by atoms with Crippen LogP contribution in [0.1, 0.15) is 5.56 Å². The number of halogens is 3. The van der Waals surface area contributed by atoms with Gasteiger partial charge in [-0.15, -0.1) is 0 Å². The Morgan fingerprint density at radius 3 is 2.56 bits per heavy atom. The van der Waals surface area contributed by atoms with Crippen LogP contribution in [0.2, 0.25) is 5.02 Å². The minimum Gasteiger partial charge on any atom is -0.227 e. The van der Waals surface area contributed by atoms with Crippen molar-refractivity contribution in [3.63, 3.8) is 0 Å². The topological polar surface area (TPSA) is 12.9 Å². The van der Waals surface area contributed by atoms with Crippen molar-refractivity contribution in [1.82, 2.24) is 4.98 Å². The molecule has 0 aliphatic carbocycles. The van der Waals surface area contributed by atoms with Gasteiger partial charge in [0.05, 0.1) is 5.02 Å². The van der Waals surface area contributed by atoms with Gasteiger partial charge in [-0.25, -0.2) is 9.37 Å². The summed E-state index contributed by atoms with van der Waals surface area (Å²) in [7, 11) is 0. The molecule has 0 unspecified atom stereocenters. The molecule has 16 heavy (non-hydrogen) atoms. The maximum Gasteiger partial charge on any atom is 0.215 e. The van der Waals surface area contributed by atoms with Gasteiger partial charge in [-0.1, -0.05) is 11.6 Å². The molecule has 2 rings (SSSR count). The van der Waals surface area contributed by atoms with E-state index in [0.717, 1.165) is 0 Å². The van der Waals surface area contributed by atoms with Gasteiger partial charge in [-0.05, 0) is 31.2 Å². The highest BCUT2D eigenvalue weighted by Gasteiger charge is 2.07. The molecule has 0 radical (unpaired) electrons. The van der Waals surface area contributed by atoms with Crippen molar-refractivity contribution in [2.45, 2.75) is 6.92 Å². The second-order valence-electron chi connectivity index (χ2n) is 3.46. The van der Waals surface area contributed by atoms with E-state index in [1.165, 1.54) is 18.3 Å². The van der Waals surface area contributed by atoms with Gasteiger partial charge in [-0.2, -0.15) is 4.39 Å². The first-order chi connectivity index (χ1) is 7.58. The van der Waals surface area contributed by atoms with Crippen molar-refractivity contribution in [2.75, 3.05) is 0 Å². The van der Waals surface area contributed by atoms with Gasteiger partial charge in [0.2, 0.25) is 5.95 Å². The molecular weight excluding hydrogens is 232 g/mol. The normalized spacial score (nSPS) is 10.5. The summed E-state index contributed by atoms with van der Waals surface area (Å²) < 4.78 is 25.8. The van der Waals surface area contributed by atoms with Crippen LogP contribution in [0.15, 0.2) is 30.5 Å². The highest BCUT2D eigenvalue weighted by atomic mass is 35.5. The third-order valence-corrected chi connectivity index (χ3v) is 2.57. The first-order valence-corrected chi connectivity index (χ1v) is 5.03. The molecule has 4 heteroatoms. The maximum absolute atomic E-state index is 13.0. The van der Waals surface area contributed by atoms with Crippen LogP contribution in [0.25, 0.3) is 11.1 Å². The van der Waals surface area contributed by atoms with Gasteiger partial charge in [0.1, 0.15) is 5.82 Å². The molecular formula is C12H8ClF2N. The van der Waals surface area contributed by atoms with Gasteiger partial charge < -0.3 is 0 Å². The molecule has 1 aromatic carbocycles. The Bertz CT molecular complexity index is 541. The van der Waals surface area contributed by atoms with E-state index in [1.807, 2.05) is 0 Å². The molecule has 2 aromatic rings. The Labute approximate surface area is 96.7 Å². The summed E-state index contributed by atoms with van der Waals surface area (Å²) >= 11 is 5.89. The summed E-state index contributed by atoms with van der Waals surface area (Å²) in [5.74, 6) is -0.914. The van der Waals surface area contributed by atoms with Gasteiger partial charge in [-0.3, -0.25) is 0 Å². The lowest BCUT2D eigenvalue weighted by Crippen LogP contribution is -1.90. The maximum atomic E-state index is 13.0. The Morgan fingerprint density at radius 1 is 1.19 bits per heavy atom. The van der Waals surface area contributed by atoms with Crippen LogP contribution in [0.3, 0.4) is 0 Å². The summed E-state index contributed by atoms with van der Waals surface area (Å²) in [6.45, 7) is 1.61. The highest BCUT2D eigenvalue weighted by molar-refractivity contribution is 6.33. The van der Waals surface area contributed by atoms with Crippen molar-refractivity contribution in [3.05, 3.63) is 52.8 Å². The molecule has 82 valence electrons. The van der Waals surface area contributed by atoms with E-state index < -0.39 is 11.8 Å². The Morgan fingerprint density at radius 2 is 1.94 bits per heavy atom. The lowest BCUT2D eigenvalue weighted by atomic mass is 10.1. The zero-order valence-corrected chi connectivity index (χ0v) is 9.22. The van der Waals surface area contributed by atoms with Crippen LogP contribution >= 0.6 is 11.6 Å². The number of benzene rings is 1. The summed E-state index contributed by atoms with van der Waals surface area (Å²) in [5.41, 5.74) is 1.74. The summed E-state index contributed by atoms with van der Waals surface area (Å²) in [5, 5.41) is 0.285. The molecule has 0 amide bonds. The minimum absolute atomic E-state index is 0.285. The van der Waals surface area contributed by atoms with E-state index in [9.17, 15) is 8.78 Å². The first-order valence-electron chi connectivity index (χ1n) is 4.65. The van der Waals surface area contributed by atoms with E-state index in [1.54, 1.807) is 19.1 Å². The molecule has 0 atom stereocenters. The van der Waals surface area contributed by atoms with Crippen molar-refractivity contribution >= 4 is 11.6 Å². The van der Waals surface area contributed by atoms with E-state index in [-0.39, 0.29) is 5.02 Å². The van der Waals surface area contributed by atoms with Crippen LogP contribution in [0.5, 0.6) is 0 Å². The summed E-state index contributed by atoms with van der Waals surface area (Å²) in [6, 6.07) is 5.70. The third-order valence-electron chi connectivity index (χ3n) is 2.26. The number of rotatable bonds is 1. The van der Waals surface area contributed by atoms with E-state index in [0.29, 0.717) is 16.7 Å². The molecule has 0 bridgehead atoms. The zero-order valence-electron chi connectivity index (χ0n) is 8.47. The number of pyridine rings is 1. The van der Waals surface area contributed by atoms with Crippen LogP contribution in [0.4, 0.5) is 8.78 Å². The number of aryl methyl sites for hydroxylation is 1. The average molecular weight is 240 g/mol. The summed E-state index contributed by atoms with van der Waals surface area (Å²) in [6.07, 6.45) is 1.38. The quantitative estimate of drug-likeness (QED) is 0.686. The lowest BCUT2D eigenvalue weighted by molar-refractivity contribution is 0.575. The van der Waals surface area contributed by atoms with E-state index in [4.69, 9.17) is 11.6 Å². The van der Waals surface area contributed by atoms with Crippen molar-refractivity contribution in [3.8, 4) is 11.1 Å². The number of hydrogen-bond acceptors (Lipinski definition) is 1. The second-order valence-corrected chi connectivity index (χ2v) is 3.86. The molecule has 0 saturated heterocycles. The number of nitrogens with zero attached hydrogens (tertiary/aromatic N) is 1. The van der Waals surface area contributed by atoms with Crippen molar-refractivity contribution in [2.24, 2.45) is 0 Å². The fourth-order valence-corrected chi connectivity index (χ4v) is 1.71. The van der Waals surface area contributed by atoms with Gasteiger partial charge in [0, 0.05) is 22.9 Å². The van der Waals surface area contributed by atoms with Crippen molar-refractivity contribution in [1.29, 1.82) is 0 Å². The minimum atomic E-state index is -0.512.